The standard InChI is InChI=1S/C16H28N2O/c1-13(2)15(19)18-8-7-16(12-18)10-17(11-16)9-14-5-3-4-6-14/h13-14H,3-12H2,1-2H3. The van der Waals surface area contributed by atoms with E-state index in [-0.39, 0.29) is 5.92 Å². The minimum Gasteiger partial charge on any atom is -0.342 e. The van der Waals surface area contributed by atoms with Crippen LogP contribution in [0.2, 0.25) is 0 Å². The Morgan fingerprint density at radius 3 is 2.53 bits per heavy atom. The van der Waals surface area contributed by atoms with E-state index in [1.165, 1.54) is 51.7 Å². The first-order valence-electron chi connectivity index (χ1n) is 8.09. The summed E-state index contributed by atoms with van der Waals surface area (Å²) >= 11 is 0. The van der Waals surface area contributed by atoms with Crippen LogP contribution in [0.4, 0.5) is 0 Å². The molecule has 0 atom stereocenters. The van der Waals surface area contributed by atoms with Crippen molar-refractivity contribution in [2.24, 2.45) is 17.3 Å². The highest BCUT2D eigenvalue weighted by Gasteiger charge is 2.48. The zero-order valence-corrected chi connectivity index (χ0v) is 12.5. The van der Waals surface area contributed by atoms with E-state index in [1.807, 2.05) is 13.8 Å². The van der Waals surface area contributed by atoms with Gasteiger partial charge in [-0.2, -0.15) is 0 Å². The highest BCUT2D eigenvalue weighted by Crippen LogP contribution is 2.41. The van der Waals surface area contributed by atoms with Crippen molar-refractivity contribution in [3.8, 4) is 0 Å². The van der Waals surface area contributed by atoms with Gasteiger partial charge in [0.05, 0.1) is 0 Å². The van der Waals surface area contributed by atoms with Crippen LogP contribution < -0.4 is 0 Å². The Hall–Kier alpha value is -0.570. The zero-order valence-electron chi connectivity index (χ0n) is 12.5. The van der Waals surface area contributed by atoms with E-state index in [4.69, 9.17) is 0 Å². The summed E-state index contributed by atoms with van der Waals surface area (Å²) in [6.07, 6.45) is 7.01. The van der Waals surface area contributed by atoms with Gasteiger partial charge in [-0.05, 0) is 25.2 Å². The van der Waals surface area contributed by atoms with Gasteiger partial charge >= 0.3 is 0 Å². The molecule has 0 unspecified atom stereocenters. The molecule has 3 fully saturated rings. The number of amides is 1. The average molecular weight is 264 g/mol. The Bertz CT molecular complexity index is 341. The molecule has 2 heterocycles. The first kappa shape index (κ1) is 13.4. The molecule has 0 aromatic carbocycles. The van der Waals surface area contributed by atoms with E-state index in [9.17, 15) is 4.79 Å². The number of hydrogen-bond donors (Lipinski definition) is 0. The molecule has 19 heavy (non-hydrogen) atoms. The molecule has 0 aromatic heterocycles. The maximum Gasteiger partial charge on any atom is 0.225 e. The minimum atomic E-state index is 0.157. The van der Waals surface area contributed by atoms with Crippen molar-refractivity contribution in [3.63, 3.8) is 0 Å². The fourth-order valence-corrected chi connectivity index (χ4v) is 4.34. The summed E-state index contributed by atoms with van der Waals surface area (Å²) < 4.78 is 0. The van der Waals surface area contributed by atoms with Crippen molar-refractivity contribution in [2.45, 2.75) is 46.0 Å². The predicted octanol–water partition coefficient (Wildman–Crippen LogP) is 2.37. The summed E-state index contributed by atoms with van der Waals surface area (Å²) in [6.45, 7) is 9.84. The number of nitrogens with zero attached hydrogens (tertiary/aromatic N) is 2. The van der Waals surface area contributed by atoms with Gasteiger partial charge in [0.25, 0.3) is 0 Å². The molecule has 3 rings (SSSR count). The Balaban J connectivity index is 1.46. The van der Waals surface area contributed by atoms with Gasteiger partial charge in [-0.1, -0.05) is 26.7 Å². The van der Waals surface area contributed by atoms with E-state index in [1.54, 1.807) is 0 Å². The highest BCUT2D eigenvalue weighted by atomic mass is 16.2. The highest BCUT2D eigenvalue weighted by molar-refractivity contribution is 5.78. The third-order valence-corrected chi connectivity index (χ3v) is 5.35. The molecule has 1 saturated carbocycles. The normalized spacial score (nSPS) is 27.4. The van der Waals surface area contributed by atoms with Crippen LogP contribution in [0.3, 0.4) is 0 Å². The summed E-state index contributed by atoms with van der Waals surface area (Å²) in [5.41, 5.74) is 0.461. The summed E-state index contributed by atoms with van der Waals surface area (Å²) in [6, 6.07) is 0. The van der Waals surface area contributed by atoms with Crippen LogP contribution in [-0.4, -0.2) is 48.4 Å². The van der Waals surface area contributed by atoms with Gasteiger partial charge in [-0.25, -0.2) is 0 Å². The van der Waals surface area contributed by atoms with Gasteiger partial charge in [0, 0.05) is 44.1 Å². The molecule has 0 bridgehead atoms. The molecule has 0 aromatic rings. The first-order valence-corrected chi connectivity index (χ1v) is 8.09. The molecule has 3 nitrogen and oxygen atoms in total. The van der Waals surface area contributed by atoms with E-state index < -0.39 is 0 Å². The molecule has 0 N–H and O–H groups in total. The molecule has 1 spiro atoms. The lowest BCUT2D eigenvalue weighted by Crippen LogP contribution is -2.58. The number of carbonyl (C=O) groups excluding carboxylic acids is 1. The van der Waals surface area contributed by atoms with E-state index in [2.05, 4.69) is 9.80 Å². The van der Waals surface area contributed by atoms with Crippen molar-refractivity contribution >= 4 is 5.91 Å². The van der Waals surface area contributed by atoms with Gasteiger partial charge in [0.15, 0.2) is 0 Å². The molecule has 108 valence electrons. The van der Waals surface area contributed by atoms with Crippen LogP contribution in [0.5, 0.6) is 0 Å². The third kappa shape index (κ3) is 2.67. The van der Waals surface area contributed by atoms with Crippen LogP contribution in [-0.2, 0) is 4.79 Å². The fourth-order valence-electron chi connectivity index (χ4n) is 4.34. The summed E-state index contributed by atoms with van der Waals surface area (Å²) in [7, 11) is 0. The smallest absolute Gasteiger partial charge is 0.225 e. The Morgan fingerprint density at radius 2 is 1.89 bits per heavy atom. The summed E-state index contributed by atoms with van der Waals surface area (Å²) in [4.78, 5) is 16.8. The van der Waals surface area contributed by atoms with Crippen LogP contribution in [0.15, 0.2) is 0 Å². The second-order valence-corrected chi connectivity index (χ2v) is 7.48. The Kier molecular flexibility index (Phi) is 3.59. The largest absolute Gasteiger partial charge is 0.342 e. The third-order valence-electron chi connectivity index (χ3n) is 5.35. The van der Waals surface area contributed by atoms with E-state index >= 15 is 0 Å². The zero-order chi connectivity index (χ0) is 13.5. The van der Waals surface area contributed by atoms with Crippen molar-refractivity contribution in [1.29, 1.82) is 0 Å². The predicted molar refractivity (Wildman–Crippen MR) is 76.9 cm³/mol. The summed E-state index contributed by atoms with van der Waals surface area (Å²) in [5, 5.41) is 0. The molecule has 1 amide bonds. The monoisotopic (exact) mass is 264 g/mol. The van der Waals surface area contributed by atoms with Gasteiger partial charge in [-0.15, -0.1) is 0 Å². The number of carbonyl (C=O) groups is 1. The van der Waals surface area contributed by atoms with Crippen LogP contribution in [0, 0.1) is 17.3 Å². The maximum absolute atomic E-state index is 12.0. The van der Waals surface area contributed by atoms with Gasteiger partial charge in [0.2, 0.25) is 5.91 Å². The second kappa shape index (κ2) is 5.08. The SMILES string of the molecule is CC(C)C(=O)N1CCC2(CN(CC3CCCC3)C2)C1. The molecular weight excluding hydrogens is 236 g/mol. The van der Waals surface area contributed by atoms with Gasteiger partial charge in [0.1, 0.15) is 0 Å². The lowest BCUT2D eigenvalue weighted by atomic mass is 9.78. The summed E-state index contributed by atoms with van der Waals surface area (Å²) in [5.74, 6) is 1.48. The van der Waals surface area contributed by atoms with Crippen molar-refractivity contribution in [3.05, 3.63) is 0 Å². The Morgan fingerprint density at radius 1 is 1.21 bits per heavy atom. The number of likely N-dealkylation sites (tertiary alicyclic amines) is 2. The van der Waals surface area contributed by atoms with Crippen LogP contribution in [0.25, 0.3) is 0 Å². The lowest BCUT2D eigenvalue weighted by molar-refractivity contribution is -0.134. The number of hydrogen-bond acceptors (Lipinski definition) is 2. The molecule has 0 radical (unpaired) electrons. The second-order valence-electron chi connectivity index (χ2n) is 7.48. The number of rotatable bonds is 3. The van der Waals surface area contributed by atoms with Crippen molar-refractivity contribution in [1.82, 2.24) is 9.80 Å². The topological polar surface area (TPSA) is 23.6 Å². The quantitative estimate of drug-likeness (QED) is 0.781. The average Bonchev–Trinajstić information content (AvgIpc) is 2.96. The minimum absolute atomic E-state index is 0.157. The Labute approximate surface area is 117 Å². The van der Waals surface area contributed by atoms with E-state index in [0.717, 1.165) is 19.0 Å². The van der Waals surface area contributed by atoms with Crippen molar-refractivity contribution < 1.29 is 4.79 Å². The molecular formula is C16H28N2O. The molecule has 2 saturated heterocycles. The van der Waals surface area contributed by atoms with Gasteiger partial charge < -0.3 is 9.80 Å². The van der Waals surface area contributed by atoms with E-state index in [0.29, 0.717) is 11.3 Å². The van der Waals surface area contributed by atoms with Crippen molar-refractivity contribution in [2.75, 3.05) is 32.7 Å². The van der Waals surface area contributed by atoms with Crippen LogP contribution >= 0.6 is 0 Å². The molecule has 3 aliphatic rings. The van der Waals surface area contributed by atoms with Crippen LogP contribution in [0.1, 0.15) is 46.0 Å². The van der Waals surface area contributed by atoms with Gasteiger partial charge in [-0.3, -0.25) is 4.79 Å². The molecule has 1 aliphatic carbocycles. The molecule has 2 aliphatic heterocycles. The lowest BCUT2D eigenvalue weighted by Gasteiger charge is -2.49. The molecule has 3 heteroatoms. The fraction of sp³-hybridized carbons (Fsp3) is 0.938. The maximum atomic E-state index is 12.0. The first-order chi connectivity index (χ1) is 9.08.